The molecule has 4 rings (SSSR count). The molecule has 2 aromatic carbocycles. The Hall–Kier alpha value is -3.47. The van der Waals surface area contributed by atoms with E-state index in [1.165, 1.54) is 11.1 Å². The number of benzene rings is 2. The van der Waals surface area contributed by atoms with Crippen molar-refractivity contribution in [2.24, 2.45) is 0 Å². The van der Waals surface area contributed by atoms with E-state index in [-0.39, 0.29) is 5.91 Å². The first-order chi connectivity index (χ1) is 13.2. The lowest BCUT2D eigenvalue weighted by molar-refractivity contribution is 0.0949. The van der Waals surface area contributed by atoms with Crippen molar-refractivity contribution in [3.63, 3.8) is 0 Å². The molecule has 5 heteroatoms. The van der Waals surface area contributed by atoms with Crippen LogP contribution >= 0.6 is 0 Å². The van der Waals surface area contributed by atoms with E-state index in [0.717, 1.165) is 16.9 Å². The van der Waals surface area contributed by atoms with Crippen LogP contribution in [0.1, 0.15) is 27.3 Å². The lowest BCUT2D eigenvalue weighted by Gasteiger charge is -2.12. The molecule has 27 heavy (non-hydrogen) atoms. The van der Waals surface area contributed by atoms with E-state index in [2.05, 4.69) is 40.0 Å². The molecular formula is C22H20N4O. The topological polar surface area (TPSA) is 59.8 Å². The largest absolute Gasteiger partial charge is 0.345 e. The van der Waals surface area contributed by atoms with Gasteiger partial charge in [-0.1, -0.05) is 36.4 Å². The molecule has 0 aliphatic rings. The number of hydrogen-bond donors (Lipinski definition) is 1. The molecule has 0 spiro atoms. The maximum absolute atomic E-state index is 12.4. The standard InChI is InChI=1S/C22H20N4O/c1-16-7-2-3-8-18(16)15-26-20-11-5-4-10-19(20)25-21(26)14-24-22(27)17-9-6-12-23-13-17/h2-13H,14-15H2,1H3,(H,24,27). The maximum atomic E-state index is 12.4. The van der Waals surface area contributed by atoms with Gasteiger partial charge in [-0.05, 0) is 42.3 Å². The monoisotopic (exact) mass is 356 g/mol. The number of nitrogens with zero attached hydrogens (tertiary/aromatic N) is 3. The molecule has 4 aromatic rings. The number of carbonyl (C=O) groups is 1. The maximum Gasteiger partial charge on any atom is 0.253 e. The Morgan fingerprint density at radius 3 is 2.67 bits per heavy atom. The molecule has 0 fully saturated rings. The Morgan fingerprint density at radius 2 is 1.85 bits per heavy atom. The van der Waals surface area contributed by atoms with Crippen molar-refractivity contribution in [3.8, 4) is 0 Å². The van der Waals surface area contributed by atoms with Crippen molar-refractivity contribution in [1.29, 1.82) is 0 Å². The predicted molar refractivity (Wildman–Crippen MR) is 105 cm³/mol. The van der Waals surface area contributed by atoms with Gasteiger partial charge in [0.15, 0.2) is 0 Å². The van der Waals surface area contributed by atoms with Crippen LogP contribution in [0.3, 0.4) is 0 Å². The third kappa shape index (κ3) is 3.58. The Bertz CT molecular complexity index is 1090. The van der Waals surface area contributed by atoms with Crippen LogP contribution in [-0.4, -0.2) is 20.4 Å². The molecule has 0 atom stereocenters. The molecule has 0 radical (unpaired) electrons. The second kappa shape index (κ2) is 7.41. The summed E-state index contributed by atoms with van der Waals surface area (Å²) in [5.74, 6) is 0.675. The van der Waals surface area contributed by atoms with Gasteiger partial charge in [-0.2, -0.15) is 0 Å². The minimum Gasteiger partial charge on any atom is -0.345 e. The minimum absolute atomic E-state index is 0.155. The summed E-state index contributed by atoms with van der Waals surface area (Å²) in [6.07, 6.45) is 3.21. The summed E-state index contributed by atoms with van der Waals surface area (Å²) in [6.45, 7) is 3.18. The highest BCUT2D eigenvalue weighted by molar-refractivity contribution is 5.93. The molecule has 134 valence electrons. The second-order valence-electron chi connectivity index (χ2n) is 6.45. The SMILES string of the molecule is Cc1ccccc1Cn1c(CNC(=O)c2cccnc2)nc2ccccc21. The molecule has 2 aromatic heterocycles. The summed E-state index contributed by atoms with van der Waals surface area (Å²) >= 11 is 0. The van der Waals surface area contributed by atoms with Crippen LogP contribution in [-0.2, 0) is 13.1 Å². The quantitative estimate of drug-likeness (QED) is 0.593. The number of rotatable bonds is 5. The van der Waals surface area contributed by atoms with Crippen LogP contribution in [0.4, 0.5) is 0 Å². The van der Waals surface area contributed by atoms with Gasteiger partial charge in [0, 0.05) is 18.9 Å². The van der Waals surface area contributed by atoms with Gasteiger partial charge in [-0.25, -0.2) is 4.98 Å². The van der Waals surface area contributed by atoms with Crippen molar-refractivity contribution in [3.05, 3.63) is 95.6 Å². The van der Waals surface area contributed by atoms with Gasteiger partial charge in [0.1, 0.15) is 5.82 Å². The summed E-state index contributed by atoms with van der Waals surface area (Å²) < 4.78 is 2.17. The van der Waals surface area contributed by atoms with Crippen molar-refractivity contribution in [2.45, 2.75) is 20.0 Å². The van der Waals surface area contributed by atoms with E-state index in [1.807, 2.05) is 30.3 Å². The fourth-order valence-electron chi connectivity index (χ4n) is 3.15. The van der Waals surface area contributed by atoms with E-state index in [4.69, 9.17) is 4.98 Å². The molecule has 0 aliphatic carbocycles. The molecule has 1 amide bonds. The van der Waals surface area contributed by atoms with Crippen LogP contribution in [0.5, 0.6) is 0 Å². The second-order valence-corrected chi connectivity index (χ2v) is 6.45. The summed E-state index contributed by atoms with van der Waals surface area (Å²) in [4.78, 5) is 21.1. The normalized spacial score (nSPS) is 10.9. The lowest BCUT2D eigenvalue weighted by Crippen LogP contribution is -2.25. The Balaban J connectivity index is 1.64. The van der Waals surface area contributed by atoms with Gasteiger partial charge in [-0.15, -0.1) is 0 Å². The fraction of sp³-hybridized carbons (Fsp3) is 0.136. The first-order valence-electron chi connectivity index (χ1n) is 8.89. The zero-order valence-electron chi connectivity index (χ0n) is 15.1. The number of hydrogen-bond acceptors (Lipinski definition) is 3. The minimum atomic E-state index is -0.155. The van der Waals surface area contributed by atoms with E-state index in [9.17, 15) is 4.79 Å². The zero-order valence-corrected chi connectivity index (χ0v) is 15.1. The van der Waals surface area contributed by atoms with Crippen LogP contribution in [0.25, 0.3) is 11.0 Å². The average Bonchev–Trinajstić information content (AvgIpc) is 3.06. The number of aromatic nitrogens is 3. The zero-order chi connectivity index (χ0) is 18.6. The van der Waals surface area contributed by atoms with Crippen molar-refractivity contribution in [1.82, 2.24) is 19.9 Å². The first kappa shape index (κ1) is 17.0. The number of nitrogens with one attached hydrogen (secondary N) is 1. The van der Waals surface area contributed by atoms with E-state index in [0.29, 0.717) is 18.7 Å². The number of aryl methyl sites for hydroxylation is 1. The fourth-order valence-corrected chi connectivity index (χ4v) is 3.15. The number of imidazole rings is 1. The Labute approximate surface area is 157 Å². The molecule has 1 N–H and O–H groups in total. The van der Waals surface area contributed by atoms with Gasteiger partial charge in [0.2, 0.25) is 0 Å². The van der Waals surface area contributed by atoms with Crippen molar-refractivity contribution >= 4 is 16.9 Å². The molecular weight excluding hydrogens is 336 g/mol. The lowest BCUT2D eigenvalue weighted by atomic mass is 10.1. The van der Waals surface area contributed by atoms with Gasteiger partial charge >= 0.3 is 0 Å². The van der Waals surface area contributed by atoms with E-state index in [1.54, 1.807) is 24.5 Å². The van der Waals surface area contributed by atoms with Gasteiger partial charge < -0.3 is 9.88 Å². The van der Waals surface area contributed by atoms with Crippen molar-refractivity contribution in [2.75, 3.05) is 0 Å². The molecule has 0 saturated carbocycles. The Morgan fingerprint density at radius 1 is 1.04 bits per heavy atom. The summed E-state index contributed by atoms with van der Waals surface area (Å²) in [5, 5.41) is 2.95. The highest BCUT2D eigenvalue weighted by atomic mass is 16.1. The number of pyridine rings is 1. The summed E-state index contributed by atoms with van der Waals surface area (Å²) in [6, 6.07) is 19.9. The molecule has 0 saturated heterocycles. The van der Waals surface area contributed by atoms with Crippen LogP contribution in [0, 0.1) is 6.92 Å². The Kier molecular flexibility index (Phi) is 4.66. The average molecular weight is 356 g/mol. The van der Waals surface area contributed by atoms with E-state index < -0.39 is 0 Å². The number of para-hydroxylation sites is 2. The van der Waals surface area contributed by atoms with E-state index >= 15 is 0 Å². The van der Waals surface area contributed by atoms with Gasteiger partial charge in [0.25, 0.3) is 5.91 Å². The van der Waals surface area contributed by atoms with Gasteiger partial charge in [-0.3, -0.25) is 9.78 Å². The van der Waals surface area contributed by atoms with Crippen LogP contribution < -0.4 is 5.32 Å². The molecule has 2 heterocycles. The molecule has 5 nitrogen and oxygen atoms in total. The molecule has 0 aliphatic heterocycles. The highest BCUT2D eigenvalue weighted by Crippen LogP contribution is 2.19. The number of fused-ring (bicyclic) bond motifs is 1. The highest BCUT2D eigenvalue weighted by Gasteiger charge is 2.13. The van der Waals surface area contributed by atoms with Crippen LogP contribution in [0.2, 0.25) is 0 Å². The summed E-state index contributed by atoms with van der Waals surface area (Å²) in [5.41, 5.74) is 5.00. The van der Waals surface area contributed by atoms with Crippen LogP contribution in [0.15, 0.2) is 73.1 Å². The smallest absolute Gasteiger partial charge is 0.253 e. The summed E-state index contributed by atoms with van der Waals surface area (Å²) in [7, 11) is 0. The molecule has 0 unspecified atom stereocenters. The number of amides is 1. The predicted octanol–water partition coefficient (Wildman–Crippen LogP) is 3.72. The van der Waals surface area contributed by atoms with Gasteiger partial charge in [0.05, 0.1) is 23.1 Å². The molecule has 0 bridgehead atoms. The first-order valence-corrected chi connectivity index (χ1v) is 8.89. The third-order valence-electron chi connectivity index (χ3n) is 4.65. The van der Waals surface area contributed by atoms with Crippen molar-refractivity contribution < 1.29 is 4.79 Å². The third-order valence-corrected chi connectivity index (χ3v) is 4.65. The number of carbonyl (C=O) groups excluding carboxylic acids is 1.